The lowest BCUT2D eigenvalue weighted by atomic mass is 10.1. The van der Waals surface area contributed by atoms with Crippen LogP contribution in [0.25, 0.3) is 22.4 Å². The van der Waals surface area contributed by atoms with Crippen molar-refractivity contribution in [3.8, 4) is 17.5 Å². The standard InChI is InChI=1S/C24H21N5O3S/c1-4-15-5-7-16(8-6-15)23-28-20-10-9-17(12-21(20)29(23)2)27-24(30)19-11-18(13-25)26-14-22(19)33(3,31)32/h5-12,14H,4H2,1-3H3,(H,27,30). The van der Waals surface area contributed by atoms with E-state index in [4.69, 9.17) is 10.2 Å². The predicted octanol–water partition coefficient (Wildman–Crippen LogP) is 3.73. The molecule has 166 valence electrons. The number of pyridine rings is 1. The highest BCUT2D eigenvalue weighted by atomic mass is 32.2. The van der Waals surface area contributed by atoms with Crippen LogP contribution in [0.3, 0.4) is 0 Å². The van der Waals surface area contributed by atoms with Crippen molar-refractivity contribution in [2.45, 2.75) is 18.2 Å². The molecular formula is C24H21N5O3S. The first-order valence-electron chi connectivity index (χ1n) is 10.2. The molecule has 2 heterocycles. The molecule has 0 saturated heterocycles. The molecule has 0 fully saturated rings. The van der Waals surface area contributed by atoms with Gasteiger partial charge in [0.2, 0.25) is 0 Å². The Hall–Kier alpha value is -4.03. The number of carbonyl (C=O) groups is 1. The van der Waals surface area contributed by atoms with Crippen LogP contribution in [0.5, 0.6) is 0 Å². The maximum atomic E-state index is 12.9. The van der Waals surface area contributed by atoms with Crippen LogP contribution in [0.2, 0.25) is 0 Å². The van der Waals surface area contributed by atoms with Crippen LogP contribution in [0, 0.1) is 11.3 Å². The van der Waals surface area contributed by atoms with E-state index < -0.39 is 15.7 Å². The van der Waals surface area contributed by atoms with E-state index in [1.807, 2.05) is 29.8 Å². The number of aromatic nitrogens is 3. The monoisotopic (exact) mass is 459 g/mol. The van der Waals surface area contributed by atoms with Crippen LogP contribution in [-0.2, 0) is 23.3 Å². The fourth-order valence-corrected chi connectivity index (χ4v) is 4.39. The Bertz CT molecular complexity index is 1530. The second-order valence-electron chi connectivity index (χ2n) is 7.65. The van der Waals surface area contributed by atoms with Crippen molar-refractivity contribution in [3.05, 3.63) is 71.5 Å². The van der Waals surface area contributed by atoms with Crippen molar-refractivity contribution < 1.29 is 13.2 Å². The summed E-state index contributed by atoms with van der Waals surface area (Å²) in [6.45, 7) is 2.10. The molecule has 2 aromatic heterocycles. The van der Waals surface area contributed by atoms with E-state index in [2.05, 4.69) is 29.4 Å². The number of imidazole rings is 1. The van der Waals surface area contributed by atoms with Crippen LogP contribution in [0.4, 0.5) is 5.69 Å². The zero-order valence-electron chi connectivity index (χ0n) is 18.3. The van der Waals surface area contributed by atoms with Gasteiger partial charge in [-0.1, -0.05) is 31.2 Å². The third-order valence-corrected chi connectivity index (χ3v) is 6.51. The smallest absolute Gasteiger partial charge is 0.257 e. The number of rotatable bonds is 5. The third-order valence-electron chi connectivity index (χ3n) is 5.39. The number of anilines is 1. The van der Waals surface area contributed by atoms with Gasteiger partial charge in [0.15, 0.2) is 9.84 Å². The summed E-state index contributed by atoms with van der Waals surface area (Å²) < 4.78 is 26.1. The zero-order valence-corrected chi connectivity index (χ0v) is 19.1. The molecule has 0 aliphatic heterocycles. The Morgan fingerprint density at radius 1 is 1.15 bits per heavy atom. The van der Waals surface area contributed by atoms with Crippen molar-refractivity contribution >= 4 is 32.5 Å². The Kier molecular flexibility index (Phi) is 5.70. The van der Waals surface area contributed by atoms with Crippen molar-refractivity contribution in [1.29, 1.82) is 5.26 Å². The van der Waals surface area contributed by atoms with E-state index in [0.717, 1.165) is 41.3 Å². The van der Waals surface area contributed by atoms with Gasteiger partial charge in [-0.15, -0.1) is 0 Å². The molecule has 0 atom stereocenters. The molecule has 1 amide bonds. The minimum Gasteiger partial charge on any atom is -0.327 e. The fraction of sp³-hybridized carbons (Fsp3) is 0.167. The number of aryl methyl sites for hydroxylation is 2. The average Bonchev–Trinajstić information content (AvgIpc) is 3.14. The van der Waals surface area contributed by atoms with Gasteiger partial charge >= 0.3 is 0 Å². The highest BCUT2D eigenvalue weighted by Gasteiger charge is 2.21. The van der Waals surface area contributed by atoms with Crippen LogP contribution >= 0.6 is 0 Å². The van der Waals surface area contributed by atoms with Crippen LogP contribution in [0.1, 0.15) is 28.5 Å². The summed E-state index contributed by atoms with van der Waals surface area (Å²) in [5.74, 6) is 0.148. The molecule has 4 aromatic rings. The van der Waals surface area contributed by atoms with Crippen LogP contribution in [0.15, 0.2) is 59.6 Å². The molecular weight excluding hydrogens is 438 g/mol. The molecule has 0 aliphatic carbocycles. The lowest BCUT2D eigenvalue weighted by molar-refractivity contribution is 0.102. The van der Waals surface area contributed by atoms with Gasteiger partial charge in [0.25, 0.3) is 5.91 Å². The van der Waals surface area contributed by atoms with Gasteiger partial charge in [-0.25, -0.2) is 18.4 Å². The summed E-state index contributed by atoms with van der Waals surface area (Å²) in [7, 11) is -1.82. The first kappa shape index (κ1) is 22.2. The van der Waals surface area contributed by atoms with E-state index in [1.54, 1.807) is 18.2 Å². The first-order valence-corrected chi connectivity index (χ1v) is 12.1. The molecule has 9 heteroatoms. The van der Waals surface area contributed by atoms with Crippen LogP contribution in [-0.4, -0.2) is 35.1 Å². The Labute approximate surface area is 191 Å². The van der Waals surface area contributed by atoms with Crippen molar-refractivity contribution in [1.82, 2.24) is 14.5 Å². The SMILES string of the molecule is CCc1ccc(-c2nc3ccc(NC(=O)c4cc(C#N)ncc4S(C)(=O)=O)cc3n2C)cc1. The molecule has 0 bridgehead atoms. The average molecular weight is 460 g/mol. The van der Waals surface area contributed by atoms with Gasteiger partial charge in [0, 0.05) is 30.8 Å². The number of hydrogen-bond donors (Lipinski definition) is 1. The zero-order chi connectivity index (χ0) is 23.8. The van der Waals surface area contributed by atoms with Gasteiger partial charge < -0.3 is 9.88 Å². The lowest BCUT2D eigenvalue weighted by Crippen LogP contribution is -2.17. The Morgan fingerprint density at radius 2 is 1.88 bits per heavy atom. The minimum atomic E-state index is -3.72. The predicted molar refractivity (Wildman–Crippen MR) is 126 cm³/mol. The van der Waals surface area contributed by atoms with E-state index in [1.165, 1.54) is 11.6 Å². The van der Waals surface area contributed by atoms with E-state index >= 15 is 0 Å². The number of nitrogens with one attached hydrogen (secondary N) is 1. The highest BCUT2D eigenvalue weighted by Crippen LogP contribution is 2.27. The summed E-state index contributed by atoms with van der Waals surface area (Å²) in [5, 5.41) is 11.8. The summed E-state index contributed by atoms with van der Waals surface area (Å²) in [4.78, 5) is 21.2. The van der Waals surface area contributed by atoms with Gasteiger partial charge in [-0.05, 0) is 36.2 Å². The fourth-order valence-electron chi connectivity index (χ4n) is 3.59. The number of nitriles is 1. The molecule has 0 unspecified atom stereocenters. The number of benzene rings is 2. The summed E-state index contributed by atoms with van der Waals surface area (Å²) in [6.07, 6.45) is 2.98. The van der Waals surface area contributed by atoms with Gasteiger partial charge in [-0.3, -0.25) is 4.79 Å². The second-order valence-corrected chi connectivity index (χ2v) is 9.64. The second kappa shape index (κ2) is 8.48. The van der Waals surface area contributed by atoms with Gasteiger partial charge in [-0.2, -0.15) is 5.26 Å². The van der Waals surface area contributed by atoms with Crippen molar-refractivity contribution in [2.75, 3.05) is 11.6 Å². The van der Waals surface area contributed by atoms with E-state index in [9.17, 15) is 13.2 Å². The summed E-state index contributed by atoms with van der Waals surface area (Å²) >= 11 is 0. The Balaban J connectivity index is 1.70. The topological polar surface area (TPSA) is 118 Å². The molecule has 1 N–H and O–H groups in total. The minimum absolute atomic E-state index is 0.0478. The summed E-state index contributed by atoms with van der Waals surface area (Å²) in [5.41, 5.74) is 4.08. The third kappa shape index (κ3) is 4.33. The number of carbonyl (C=O) groups excluding carboxylic acids is 1. The quantitative estimate of drug-likeness (QED) is 0.486. The van der Waals surface area contributed by atoms with Crippen molar-refractivity contribution in [2.24, 2.45) is 7.05 Å². The number of nitrogens with zero attached hydrogens (tertiary/aromatic N) is 4. The van der Waals surface area contributed by atoms with Gasteiger partial charge in [0.1, 0.15) is 17.6 Å². The highest BCUT2D eigenvalue weighted by molar-refractivity contribution is 7.90. The number of hydrogen-bond acceptors (Lipinski definition) is 6. The van der Waals surface area contributed by atoms with Crippen molar-refractivity contribution in [3.63, 3.8) is 0 Å². The molecule has 0 aliphatic rings. The number of amides is 1. The molecule has 8 nitrogen and oxygen atoms in total. The molecule has 0 radical (unpaired) electrons. The Morgan fingerprint density at radius 3 is 2.52 bits per heavy atom. The maximum absolute atomic E-state index is 12.9. The van der Waals surface area contributed by atoms with E-state index in [0.29, 0.717) is 5.69 Å². The van der Waals surface area contributed by atoms with Gasteiger partial charge in [0.05, 0.1) is 21.5 Å². The van der Waals surface area contributed by atoms with E-state index in [-0.39, 0.29) is 16.2 Å². The maximum Gasteiger partial charge on any atom is 0.257 e. The normalized spacial score (nSPS) is 11.3. The molecule has 0 saturated carbocycles. The number of sulfone groups is 1. The largest absolute Gasteiger partial charge is 0.327 e. The molecule has 2 aromatic carbocycles. The number of fused-ring (bicyclic) bond motifs is 1. The molecule has 4 rings (SSSR count). The summed E-state index contributed by atoms with van der Waals surface area (Å²) in [6, 6.07) is 16.5. The van der Waals surface area contributed by atoms with Crippen LogP contribution < -0.4 is 5.32 Å². The molecule has 0 spiro atoms. The first-order chi connectivity index (χ1) is 15.7. The molecule has 33 heavy (non-hydrogen) atoms. The lowest BCUT2D eigenvalue weighted by Gasteiger charge is -2.10.